The van der Waals surface area contributed by atoms with Crippen LogP contribution in [0.5, 0.6) is 0 Å². The molecule has 0 fully saturated rings. The second-order valence-corrected chi connectivity index (χ2v) is 8.11. The highest BCUT2D eigenvalue weighted by atomic mass is 32.1. The lowest BCUT2D eigenvalue weighted by Crippen LogP contribution is -2.53. The zero-order chi connectivity index (χ0) is 19.8. The molecular formula is C21H24N4OS. The van der Waals surface area contributed by atoms with Gasteiger partial charge < -0.3 is 5.73 Å². The maximum absolute atomic E-state index is 12.8. The van der Waals surface area contributed by atoms with Crippen LogP contribution in [0.25, 0.3) is 11.1 Å². The number of carbonyl (C=O) groups is 1. The van der Waals surface area contributed by atoms with Gasteiger partial charge in [0.25, 0.3) is 0 Å². The molecule has 0 radical (unpaired) electrons. The van der Waals surface area contributed by atoms with Crippen molar-refractivity contribution >= 4 is 23.2 Å². The minimum Gasteiger partial charge on any atom is -0.369 e. The highest BCUT2D eigenvalue weighted by molar-refractivity contribution is 7.12. The molecule has 2 heterocycles. The minimum atomic E-state index is -0.678. The molecule has 6 heteroatoms. The fourth-order valence-corrected chi connectivity index (χ4v) is 4.99. The van der Waals surface area contributed by atoms with Gasteiger partial charge in [-0.2, -0.15) is 5.26 Å². The van der Waals surface area contributed by atoms with E-state index in [2.05, 4.69) is 19.1 Å². The monoisotopic (exact) mass is 380 g/mol. The molecule has 1 aliphatic rings. The number of carbonyl (C=O) groups excluding carboxylic acids is 1. The van der Waals surface area contributed by atoms with Crippen LogP contribution in [0, 0.1) is 17.2 Å². The molecule has 3 rings (SSSR count). The molecule has 0 saturated carbocycles. The third-order valence-corrected chi connectivity index (χ3v) is 6.84. The Morgan fingerprint density at radius 1 is 1.37 bits per heavy atom. The zero-order valence-electron chi connectivity index (χ0n) is 16.1. The minimum absolute atomic E-state index is 0.00646. The number of thiophene rings is 1. The first-order valence-corrected chi connectivity index (χ1v) is 9.93. The van der Waals surface area contributed by atoms with E-state index >= 15 is 0 Å². The van der Waals surface area contributed by atoms with Gasteiger partial charge in [-0.05, 0) is 49.1 Å². The van der Waals surface area contributed by atoms with Gasteiger partial charge in [0.05, 0.1) is 17.6 Å². The number of hydrogen-bond donors (Lipinski definition) is 1. The number of nitrogens with two attached hydrogens (primary N) is 1. The first-order chi connectivity index (χ1) is 12.8. The van der Waals surface area contributed by atoms with Crippen molar-refractivity contribution < 1.29 is 4.79 Å². The van der Waals surface area contributed by atoms with E-state index in [9.17, 15) is 10.1 Å². The fraction of sp³-hybridized carbons (Fsp3) is 0.381. The quantitative estimate of drug-likeness (QED) is 0.874. The Labute approximate surface area is 164 Å². The number of aliphatic imine (C=N–C) groups is 1. The van der Waals surface area contributed by atoms with Crippen LogP contribution in [0.4, 0.5) is 0 Å². The Kier molecular flexibility index (Phi) is 5.07. The van der Waals surface area contributed by atoms with E-state index in [1.165, 1.54) is 9.78 Å². The van der Waals surface area contributed by atoms with Crippen molar-refractivity contribution in [2.24, 2.45) is 16.6 Å². The molecule has 2 atom stereocenters. The Balaban J connectivity index is 2.16. The van der Waals surface area contributed by atoms with Gasteiger partial charge >= 0.3 is 0 Å². The third kappa shape index (κ3) is 3.13. The number of guanidine groups is 1. The van der Waals surface area contributed by atoms with E-state index in [0.29, 0.717) is 12.0 Å². The molecule has 0 bridgehead atoms. The van der Waals surface area contributed by atoms with Crippen molar-refractivity contribution in [3.63, 3.8) is 0 Å². The van der Waals surface area contributed by atoms with E-state index in [1.807, 2.05) is 32.0 Å². The van der Waals surface area contributed by atoms with Gasteiger partial charge in [-0.25, -0.2) is 4.99 Å². The van der Waals surface area contributed by atoms with Crippen molar-refractivity contribution in [2.45, 2.75) is 39.2 Å². The van der Waals surface area contributed by atoms with Crippen molar-refractivity contribution in [3.05, 3.63) is 45.6 Å². The topological polar surface area (TPSA) is 82.5 Å². The van der Waals surface area contributed by atoms with Gasteiger partial charge in [0.1, 0.15) is 5.54 Å². The first-order valence-electron chi connectivity index (χ1n) is 9.12. The summed E-state index contributed by atoms with van der Waals surface area (Å²) in [4.78, 5) is 21.2. The van der Waals surface area contributed by atoms with Crippen LogP contribution < -0.4 is 5.73 Å². The molecule has 27 heavy (non-hydrogen) atoms. The largest absolute Gasteiger partial charge is 0.369 e. The Bertz CT molecular complexity index is 955. The number of nitriles is 1. The van der Waals surface area contributed by atoms with Crippen molar-refractivity contribution in [2.75, 3.05) is 7.05 Å². The van der Waals surface area contributed by atoms with Crippen LogP contribution >= 0.6 is 11.3 Å². The van der Waals surface area contributed by atoms with Gasteiger partial charge in [0.15, 0.2) is 5.96 Å². The summed E-state index contributed by atoms with van der Waals surface area (Å²) >= 11 is 1.68. The predicted molar refractivity (Wildman–Crippen MR) is 109 cm³/mol. The number of aryl methyl sites for hydroxylation is 1. The van der Waals surface area contributed by atoms with E-state index in [1.54, 1.807) is 24.5 Å². The standard InChI is InChI=1S/C21H24N4OS/c1-5-16-19(26)25(4)20(23)24-21(16,3)18-11-15(17(6-2)27-18)14-9-7-8-13(10-14)12-22/h7-11,16H,5-6H2,1-4H3,(H2,23,24)/t16-,21?/m0/s1. The molecule has 0 spiro atoms. The Morgan fingerprint density at radius 3 is 2.74 bits per heavy atom. The van der Waals surface area contributed by atoms with Crippen LogP contribution in [0.1, 0.15) is 42.5 Å². The molecule has 2 N–H and O–H groups in total. The normalized spacial score (nSPS) is 22.5. The lowest BCUT2D eigenvalue weighted by Gasteiger charge is -2.39. The van der Waals surface area contributed by atoms with Crippen LogP contribution in [0.3, 0.4) is 0 Å². The summed E-state index contributed by atoms with van der Waals surface area (Å²) in [5.41, 5.74) is 8.12. The predicted octanol–water partition coefficient (Wildman–Crippen LogP) is 3.88. The summed E-state index contributed by atoms with van der Waals surface area (Å²) in [7, 11) is 1.67. The summed E-state index contributed by atoms with van der Waals surface area (Å²) in [6, 6.07) is 11.9. The molecule has 0 aliphatic carbocycles. The highest BCUT2D eigenvalue weighted by Crippen LogP contribution is 2.45. The second-order valence-electron chi connectivity index (χ2n) is 6.97. The maximum atomic E-state index is 12.8. The van der Waals surface area contributed by atoms with Crippen LogP contribution in [0.15, 0.2) is 35.3 Å². The van der Waals surface area contributed by atoms with Gasteiger partial charge in [0.2, 0.25) is 5.91 Å². The van der Waals surface area contributed by atoms with Crippen LogP contribution in [-0.4, -0.2) is 23.8 Å². The molecule has 1 aliphatic heterocycles. The Morgan fingerprint density at radius 2 is 2.11 bits per heavy atom. The van der Waals surface area contributed by atoms with Crippen LogP contribution in [0.2, 0.25) is 0 Å². The average molecular weight is 381 g/mol. The van der Waals surface area contributed by atoms with Gasteiger partial charge in [-0.3, -0.25) is 9.69 Å². The number of hydrogen-bond acceptors (Lipinski definition) is 5. The summed E-state index contributed by atoms with van der Waals surface area (Å²) in [6.45, 7) is 6.13. The number of benzene rings is 1. The fourth-order valence-electron chi connectivity index (χ4n) is 3.72. The van der Waals surface area contributed by atoms with Gasteiger partial charge in [-0.15, -0.1) is 11.3 Å². The smallest absolute Gasteiger partial charge is 0.234 e. The summed E-state index contributed by atoms with van der Waals surface area (Å²) in [6.07, 6.45) is 1.56. The van der Waals surface area contributed by atoms with Crippen molar-refractivity contribution in [1.82, 2.24) is 4.90 Å². The highest BCUT2D eigenvalue weighted by Gasteiger charge is 2.46. The molecule has 2 aromatic rings. The Hall–Kier alpha value is -2.65. The zero-order valence-corrected chi connectivity index (χ0v) is 16.9. The van der Waals surface area contributed by atoms with Crippen LogP contribution in [-0.2, 0) is 16.8 Å². The molecule has 140 valence electrons. The van der Waals surface area contributed by atoms with Gasteiger partial charge in [-0.1, -0.05) is 26.0 Å². The number of rotatable bonds is 4. The summed E-state index contributed by atoms with van der Waals surface area (Å²) in [5.74, 6) is 0.00935. The number of amides is 1. The molecule has 0 saturated heterocycles. The molecule has 1 aromatic carbocycles. The SMILES string of the molecule is CCc1sc(C2(C)N=C(N)N(C)C(=O)[C@@H]2CC)cc1-c1cccc(C#N)c1. The van der Waals surface area contributed by atoms with Crippen molar-refractivity contribution in [3.8, 4) is 17.2 Å². The molecule has 1 amide bonds. The summed E-state index contributed by atoms with van der Waals surface area (Å²) < 4.78 is 0. The van der Waals surface area contributed by atoms with Crippen molar-refractivity contribution in [1.29, 1.82) is 5.26 Å². The average Bonchev–Trinajstić information content (AvgIpc) is 3.12. The second kappa shape index (κ2) is 7.16. The molecule has 1 unspecified atom stereocenters. The maximum Gasteiger partial charge on any atom is 0.234 e. The molecule has 5 nitrogen and oxygen atoms in total. The summed E-state index contributed by atoms with van der Waals surface area (Å²) in [5, 5.41) is 9.21. The van der Waals surface area contributed by atoms with E-state index in [-0.39, 0.29) is 17.8 Å². The van der Waals surface area contributed by atoms with E-state index < -0.39 is 5.54 Å². The number of nitrogens with zero attached hydrogens (tertiary/aromatic N) is 3. The van der Waals surface area contributed by atoms with Gasteiger partial charge in [0, 0.05) is 16.8 Å². The third-order valence-electron chi connectivity index (χ3n) is 5.34. The lowest BCUT2D eigenvalue weighted by atomic mass is 9.80. The van der Waals surface area contributed by atoms with E-state index in [4.69, 9.17) is 10.7 Å². The lowest BCUT2D eigenvalue weighted by molar-refractivity contribution is -0.134. The molecular weight excluding hydrogens is 356 g/mol. The van der Waals surface area contributed by atoms with E-state index in [0.717, 1.165) is 22.4 Å². The first kappa shape index (κ1) is 19.1. The molecule has 1 aromatic heterocycles.